The molecule has 0 saturated heterocycles. The summed E-state index contributed by atoms with van der Waals surface area (Å²) in [6, 6.07) is 7.54. The Kier molecular flexibility index (Phi) is 3.93. The minimum absolute atomic E-state index is 0.589. The molecule has 0 aliphatic rings. The van der Waals surface area contributed by atoms with Crippen molar-refractivity contribution in [3.8, 4) is 0 Å². The van der Waals surface area contributed by atoms with Gasteiger partial charge in [-0.1, -0.05) is 17.7 Å². The largest absolute Gasteiger partial charge is 0.384 e. The van der Waals surface area contributed by atoms with Crippen LogP contribution in [0.5, 0.6) is 0 Å². The molecule has 2 aromatic rings. The third-order valence-corrected chi connectivity index (χ3v) is 4.83. The smallest absolute Gasteiger partial charge is 0.105 e. The first-order valence-electron chi connectivity index (χ1n) is 5.19. The van der Waals surface area contributed by atoms with E-state index < -0.39 is 6.10 Å². The molecule has 0 radical (unpaired) electrons. The maximum atomic E-state index is 10.3. The van der Waals surface area contributed by atoms with Crippen molar-refractivity contribution in [2.24, 2.45) is 0 Å². The van der Waals surface area contributed by atoms with Crippen molar-refractivity contribution >= 4 is 38.9 Å². The van der Waals surface area contributed by atoms with Crippen molar-refractivity contribution in [2.45, 2.75) is 20.0 Å². The maximum Gasteiger partial charge on any atom is 0.105 e. The molecule has 1 heterocycles. The van der Waals surface area contributed by atoms with Crippen molar-refractivity contribution in [2.75, 3.05) is 0 Å². The van der Waals surface area contributed by atoms with Gasteiger partial charge in [-0.25, -0.2) is 0 Å². The Hall–Kier alpha value is -0.350. The lowest BCUT2D eigenvalue weighted by atomic mass is 10.0. The van der Waals surface area contributed by atoms with E-state index in [0.717, 1.165) is 20.5 Å². The van der Waals surface area contributed by atoms with Gasteiger partial charge in [0.05, 0.1) is 5.02 Å². The van der Waals surface area contributed by atoms with E-state index in [2.05, 4.69) is 15.9 Å². The normalized spacial score (nSPS) is 12.8. The number of aliphatic hydroxyl groups excluding tert-OH is 1. The molecule has 0 saturated carbocycles. The second-order valence-corrected chi connectivity index (χ2v) is 6.67. The number of aliphatic hydroxyl groups is 1. The van der Waals surface area contributed by atoms with Crippen molar-refractivity contribution in [1.82, 2.24) is 0 Å². The van der Waals surface area contributed by atoms with Crippen LogP contribution >= 0.6 is 38.9 Å². The quantitative estimate of drug-likeness (QED) is 0.833. The molecule has 2 rings (SSSR count). The third-order valence-electron chi connectivity index (χ3n) is 2.63. The van der Waals surface area contributed by atoms with Crippen LogP contribution in [-0.2, 0) is 0 Å². The first-order valence-corrected chi connectivity index (χ1v) is 7.17. The van der Waals surface area contributed by atoms with E-state index in [0.29, 0.717) is 5.02 Å². The van der Waals surface area contributed by atoms with Crippen LogP contribution in [0.1, 0.15) is 27.0 Å². The summed E-state index contributed by atoms with van der Waals surface area (Å²) in [5.74, 6) is 0. The summed E-state index contributed by atoms with van der Waals surface area (Å²) in [7, 11) is 0. The maximum absolute atomic E-state index is 10.3. The number of benzene rings is 1. The van der Waals surface area contributed by atoms with Gasteiger partial charge in [-0.2, -0.15) is 0 Å². The minimum Gasteiger partial charge on any atom is -0.384 e. The third kappa shape index (κ3) is 2.74. The van der Waals surface area contributed by atoms with E-state index in [1.807, 2.05) is 32.0 Å². The number of hydrogen-bond acceptors (Lipinski definition) is 2. The van der Waals surface area contributed by atoms with E-state index >= 15 is 0 Å². The van der Waals surface area contributed by atoms with Crippen LogP contribution in [-0.4, -0.2) is 5.11 Å². The summed E-state index contributed by atoms with van der Waals surface area (Å²) in [6.07, 6.45) is -0.589. The Morgan fingerprint density at radius 1 is 1.29 bits per heavy atom. The minimum atomic E-state index is -0.589. The number of rotatable bonds is 2. The molecule has 1 nitrogen and oxygen atoms in total. The Bertz CT molecular complexity index is 550. The standard InChI is InChI=1S/C13H12BrClOS/c1-7-5-10(8(2)17-7)13(16)9-3-4-12(15)11(14)6-9/h3-6,13,16H,1-2H3. The van der Waals surface area contributed by atoms with Gasteiger partial charge in [0, 0.05) is 14.2 Å². The zero-order valence-electron chi connectivity index (χ0n) is 9.50. The second kappa shape index (κ2) is 5.11. The topological polar surface area (TPSA) is 20.2 Å². The van der Waals surface area contributed by atoms with E-state index in [4.69, 9.17) is 11.6 Å². The molecule has 1 unspecified atom stereocenters. The summed E-state index contributed by atoms with van der Waals surface area (Å²) in [4.78, 5) is 2.37. The Balaban J connectivity index is 2.40. The molecule has 0 spiro atoms. The molecule has 4 heteroatoms. The summed E-state index contributed by atoms with van der Waals surface area (Å²) >= 11 is 11.0. The highest BCUT2D eigenvalue weighted by atomic mass is 79.9. The van der Waals surface area contributed by atoms with Gasteiger partial charge in [-0.3, -0.25) is 0 Å². The number of thiophene rings is 1. The van der Waals surface area contributed by atoms with Crippen LogP contribution in [0.25, 0.3) is 0 Å². The van der Waals surface area contributed by atoms with Crippen molar-refractivity contribution in [3.63, 3.8) is 0 Å². The highest BCUT2D eigenvalue weighted by molar-refractivity contribution is 9.10. The molecule has 90 valence electrons. The van der Waals surface area contributed by atoms with Crippen LogP contribution in [0.15, 0.2) is 28.7 Å². The molecule has 0 fully saturated rings. The van der Waals surface area contributed by atoms with E-state index in [1.165, 1.54) is 4.88 Å². The van der Waals surface area contributed by atoms with E-state index in [9.17, 15) is 5.11 Å². The van der Waals surface area contributed by atoms with Gasteiger partial charge < -0.3 is 5.11 Å². The Labute approximate surface area is 118 Å². The predicted molar refractivity (Wildman–Crippen MR) is 77.0 cm³/mol. The van der Waals surface area contributed by atoms with Crippen LogP contribution < -0.4 is 0 Å². The zero-order chi connectivity index (χ0) is 12.6. The zero-order valence-corrected chi connectivity index (χ0v) is 12.7. The summed E-state index contributed by atoms with van der Waals surface area (Å²) in [5.41, 5.74) is 1.82. The van der Waals surface area contributed by atoms with Gasteiger partial charge in [0.15, 0.2) is 0 Å². The molecule has 0 aliphatic heterocycles. The van der Waals surface area contributed by atoms with Gasteiger partial charge in [0.2, 0.25) is 0 Å². The van der Waals surface area contributed by atoms with E-state index in [-0.39, 0.29) is 0 Å². The number of aryl methyl sites for hydroxylation is 2. The average Bonchev–Trinajstić information content (AvgIpc) is 2.61. The summed E-state index contributed by atoms with van der Waals surface area (Å²) in [6.45, 7) is 4.08. The van der Waals surface area contributed by atoms with Crippen molar-refractivity contribution < 1.29 is 5.11 Å². The molecule has 17 heavy (non-hydrogen) atoms. The SMILES string of the molecule is Cc1cc(C(O)c2ccc(Cl)c(Br)c2)c(C)s1. The highest BCUT2D eigenvalue weighted by Gasteiger charge is 2.15. The molecule has 1 aromatic carbocycles. The highest BCUT2D eigenvalue weighted by Crippen LogP contribution is 2.33. The molecule has 0 bridgehead atoms. The molecule has 0 amide bonds. The fourth-order valence-electron chi connectivity index (χ4n) is 1.78. The molecule has 0 aliphatic carbocycles. The van der Waals surface area contributed by atoms with Gasteiger partial charge >= 0.3 is 0 Å². The van der Waals surface area contributed by atoms with Crippen LogP contribution in [0.2, 0.25) is 5.02 Å². The first kappa shape index (κ1) is 13.1. The molecular formula is C13H12BrClOS. The fraction of sp³-hybridized carbons (Fsp3) is 0.231. The van der Waals surface area contributed by atoms with Crippen LogP contribution in [0, 0.1) is 13.8 Å². The summed E-state index contributed by atoms with van der Waals surface area (Å²) < 4.78 is 0.806. The van der Waals surface area contributed by atoms with Gasteiger partial charge in [-0.05, 0) is 59.1 Å². The van der Waals surface area contributed by atoms with Crippen molar-refractivity contribution in [1.29, 1.82) is 0 Å². The van der Waals surface area contributed by atoms with Crippen LogP contribution in [0.3, 0.4) is 0 Å². The molecular weight excluding hydrogens is 320 g/mol. The lowest BCUT2D eigenvalue weighted by Gasteiger charge is -2.11. The Morgan fingerprint density at radius 2 is 2.00 bits per heavy atom. The number of hydrogen-bond donors (Lipinski definition) is 1. The van der Waals surface area contributed by atoms with Gasteiger partial charge in [0.1, 0.15) is 6.10 Å². The lowest BCUT2D eigenvalue weighted by molar-refractivity contribution is 0.220. The van der Waals surface area contributed by atoms with Crippen LogP contribution in [0.4, 0.5) is 0 Å². The van der Waals surface area contributed by atoms with Crippen molar-refractivity contribution in [3.05, 3.63) is 54.6 Å². The van der Waals surface area contributed by atoms with Gasteiger partial charge in [0.25, 0.3) is 0 Å². The summed E-state index contributed by atoms with van der Waals surface area (Å²) in [5, 5.41) is 11.0. The molecule has 1 aromatic heterocycles. The average molecular weight is 332 g/mol. The van der Waals surface area contributed by atoms with E-state index in [1.54, 1.807) is 17.4 Å². The Morgan fingerprint density at radius 3 is 2.53 bits per heavy atom. The van der Waals surface area contributed by atoms with Gasteiger partial charge in [-0.15, -0.1) is 11.3 Å². The predicted octanol–water partition coefficient (Wildman–Crippen LogP) is 4.86. The number of halogens is 2. The molecule has 1 N–H and O–H groups in total. The first-order chi connectivity index (χ1) is 7.99. The lowest BCUT2D eigenvalue weighted by Crippen LogP contribution is -1.99. The monoisotopic (exact) mass is 330 g/mol. The molecule has 1 atom stereocenters. The fourth-order valence-corrected chi connectivity index (χ4v) is 3.26. The second-order valence-electron chi connectivity index (χ2n) is 3.94.